The van der Waals surface area contributed by atoms with Crippen molar-refractivity contribution in [2.24, 2.45) is 5.92 Å². The van der Waals surface area contributed by atoms with Crippen molar-refractivity contribution < 1.29 is 65.2 Å². The molecular weight excluding hydrogens is 1870 g/mol. The van der Waals surface area contributed by atoms with E-state index in [1.165, 1.54) is 24.3 Å². The molecule has 0 spiro atoms. The number of ether oxygens (including phenoxy) is 6. The summed E-state index contributed by atoms with van der Waals surface area (Å²) >= 11 is 25.4. The Morgan fingerprint density at radius 3 is 1.06 bits per heavy atom. The fourth-order valence-corrected chi connectivity index (χ4v) is 19.8. The molecule has 12 aromatic rings. The predicted molar refractivity (Wildman–Crippen MR) is 532 cm³/mol. The Morgan fingerprint density at radius 2 is 0.734 bits per heavy atom. The van der Waals surface area contributed by atoms with Crippen molar-refractivity contribution in [2.75, 3.05) is 49.2 Å². The molecule has 2 saturated heterocycles. The first-order valence-electron chi connectivity index (χ1n) is 47.5. The summed E-state index contributed by atoms with van der Waals surface area (Å²) in [6, 6.07) is 6.07. The van der Waals surface area contributed by atoms with Crippen molar-refractivity contribution >= 4 is 115 Å². The van der Waals surface area contributed by atoms with Gasteiger partial charge in [0.1, 0.15) is 114 Å². The monoisotopic (exact) mass is 1990 g/mol. The second-order valence-electron chi connectivity index (χ2n) is 37.6. The number of nitrogens with zero attached hydrogens (tertiary/aromatic N) is 13. The summed E-state index contributed by atoms with van der Waals surface area (Å²) in [4.78, 5) is 90.8. The van der Waals surface area contributed by atoms with Gasteiger partial charge in [-0.2, -0.15) is 0 Å². The Morgan fingerprint density at radius 1 is 0.424 bits per heavy atom. The number of morpholine rings is 1. The van der Waals surface area contributed by atoms with Gasteiger partial charge in [0, 0.05) is 134 Å². The third-order valence-electron chi connectivity index (χ3n) is 25.5. The van der Waals surface area contributed by atoms with E-state index in [4.69, 9.17) is 118 Å². The van der Waals surface area contributed by atoms with Gasteiger partial charge in [0.2, 0.25) is 0 Å². The number of hydrogen-bond donors (Lipinski definition) is 7. The molecular formula is C101H126Cl4F4N20O10. The van der Waals surface area contributed by atoms with Crippen molar-refractivity contribution in [1.29, 1.82) is 0 Å². The molecule has 2 aliphatic carbocycles. The largest absolute Gasteiger partial charge is 0.490 e. The van der Waals surface area contributed by atoms with Crippen molar-refractivity contribution in [3.05, 3.63) is 208 Å². The van der Waals surface area contributed by atoms with Gasteiger partial charge in [-0.1, -0.05) is 113 Å². The van der Waals surface area contributed by atoms with E-state index in [9.17, 15) is 19.2 Å². The highest BCUT2D eigenvalue weighted by atomic mass is 35.5. The zero-order valence-electron chi connectivity index (χ0n) is 82.1. The maximum atomic E-state index is 15.5. The van der Waals surface area contributed by atoms with E-state index in [1.807, 2.05) is 142 Å². The molecule has 9 atom stereocenters. The van der Waals surface area contributed by atoms with Gasteiger partial charge in [0.25, 0.3) is 23.6 Å². The lowest BCUT2D eigenvalue weighted by atomic mass is 9.85. The van der Waals surface area contributed by atoms with Crippen LogP contribution in [-0.2, 0) is 9.47 Å². The molecule has 0 radical (unpaired) electrons. The molecule has 2 aliphatic heterocycles. The number of hydrogen-bond acceptors (Lipinski definition) is 22. The Kier molecular flexibility index (Phi) is 33.9. The van der Waals surface area contributed by atoms with E-state index in [1.54, 1.807) is 54.5 Å². The standard InChI is InChI=1S/C26H33ClFN5O2.2C25H31ClFN5O3.C25H31ClFN5O2/c1-13(2)35-23-17(15(4)25-31-16(5)22-24(29)30-10-11-33(22)25)12-18(27)21(28)20(23)26(34)32-19-9-7-6-8-14(19)3;1-12(2)34-22-17(15(5)24-30-16(6)21-23(28)29-7-8-32(21)24)9-18(26)20(27)19(22)25(33)31-10-13(3)35-14(4)11-31;1-13(2)35-22-17(14(3)24-31-15(4)21-23(28)29-8-9-32(21)24)11-18(26)20(27)19(22)25(33)30-12-16-7-5-6-10-34-16;1-13(2)34-22-17(14(3)24-30-15(4)21-23(28)29-10-11-32(21)24)12-18(26)20(27)19(22)25(33)31-16-8-6-5-7-9-16/h10-15,19H,6-9H2,1-5H3,(H2,29,30)(H,32,34);7-9,12-15H,10-11H2,1-6H3,(H2,28,29);8-9,11,13-14,16H,5-7,10,12H2,1-4H3,(H2,28,29)(H,30,33);10-14,16H,5-9H2,1-4H3,(H2,28,29)(H,31,33). The topological polar surface area (TPSA) is 388 Å². The number of nitrogens with one attached hydrogen (secondary N) is 3. The summed E-state index contributed by atoms with van der Waals surface area (Å²) in [5, 5.41) is 8.27. The molecule has 10 heterocycles. The number of nitrogens with two attached hydrogens (primary N) is 4. The maximum Gasteiger partial charge on any atom is 0.260 e. The van der Waals surface area contributed by atoms with Crippen molar-refractivity contribution in [3.63, 3.8) is 0 Å². The van der Waals surface area contributed by atoms with Gasteiger partial charge < -0.3 is 72.2 Å². The number of aryl methyl sites for hydroxylation is 4. The molecule has 30 nitrogen and oxygen atoms in total. The molecule has 16 rings (SSSR count). The summed E-state index contributed by atoms with van der Waals surface area (Å²) in [5.74, 6) is -1.75. The van der Waals surface area contributed by atoms with Crippen molar-refractivity contribution in [2.45, 2.75) is 287 Å². The minimum atomic E-state index is -0.821. The number of anilines is 4. The molecule has 0 bridgehead atoms. The minimum absolute atomic E-state index is 0.0155. The lowest BCUT2D eigenvalue weighted by Crippen LogP contribution is -2.48. The van der Waals surface area contributed by atoms with Crippen LogP contribution >= 0.6 is 46.4 Å². The summed E-state index contributed by atoms with van der Waals surface area (Å²) in [5.41, 5.74) is 31.6. The summed E-state index contributed by atoms with van der Waals surface area (Å²) in [6.07, 6.45) is 23.8. The molecule has 11 N–H and O–H groups in total. The van der Waals surface area contributed by atoms with Gasteiger partial charge >= 0.3 is 0 Å². The number of benzene rings is 4. The molecule has 4 aromatic carbocycles. The highest BCUT2D eigenvalue weighted by molar-refractivity contribution is 6.32. The number of rotatable bonds is 24. The van der Waals surface area contributed by atoms with Gasteiger partial charge in [0.05, 0.1) is 85.6 Å². The normalized spacial score (nSPS) is 17.8. The number of fused-ring (bicyclic) bond motifs is 4. The number of carbonyl (C=O) groups excluding carboxylic acids is 4. The zero-order valence-corrected chi connectivity index (χ0v) is 85.1. The molecule has 8 aromatic heterocycles. The molecule has 4 fully saturated rings. The van der Waals surface area contributed by atoms with Gasteiger partial charge in [-0.25, -0.2) is 57.4 Å². The second kappa shape index (κ2) is 44.9. The molecule has 2 saturated carbocycles. The third-order valence-corrected chi connectivity index (χ3v) is 26.6. The zero-order chi connectivity index (χ0) is 101. The van der Waals surface area contributed by atoms with E-state index >= 15 is 17.6 Å². The molecule has 746 valence electrons. The SMILES string of the molecule is Cc1nc(C(C)c2cc(Cl)c(F)c(C(=O)N3CC(C)OC(C)C3)c2OC(C)C)n2ccnc(N)c12.Cc1nc(C(C)c2cc(Cl)c(F)c(C(=O)NC3CCCCC3)c2OC(C)C)n2ccnc(N)c12.Cc1nc(C(C)c2cc(Cl)c(F)c(C(=O)NC3CCCCC3C)c2OC(C)C)n2ccnc(N)c12.Cc1nc(C(C)c2cc(Cl)c(F)c(C(=O)NCC3CCCCO3)c2OC(C)C)n2ccnc(N)c12. The number of halogens is 8. The first-order valence-corrected chi connectivity index (χ1v) is 49.0. The number of imidazole rings is 4. The number of nitrogen functional groups attached to an aromatic ring is 4. The Balaban J connectivity index is 0.000000156. The van der Waals surface area contributed by atoms with Crippen LogP contribution in [-0.4, -0.2) is 167 Å². The summed E-state index contributed by atoms with van der Waals surface area (Å²) < 4.78 is 105. The van der Waals surface area contributed by atoms with Gasteiger partial charge in [-0.3, -0.25) is 36.8 Å². The summed E-state index contributed by atoms with van der Waals surface area (Å²) in [7, 11) is 0. The van der Waals surface area contributed by atoms with Crippen LogP contribution in [0.5, 0.6) is 23.0 Å². The quantitative estimate of drug-likeness (QED) is 0.0276. The molecule has 4 aliphatic rings. The van der Waals surface area contributed by atoms with Crippen LogP contribution in [0.2, 0.25) is 20.1 Å². The van der Waals surface area contributed by atoms with E-state index in [2.05, 4.69) is 42.8 Å². The van der Waals surface area contributed by atoms with E-state index in [0.29, 0.717) is 128 Å². The Hall–Kier alpha value is -11.6. The van der Waals surface area contributed by atoms with Crippen LogP contribution < -0.4 is 57.8 Å². The molecule has 139 heavy (non-hydrogen) atoms. The number of aromatic nitrogens is 12. The predicted octanol–water partition coefficient (Wildman–Crippen LogP) is 20.3. The fourth-order valence-electron chi connectivity index (χ4n) is 18.9. The van der Waals surface area contributed by atoms with Crippen LogP contribution in [0.4, 0.5) is 40.8 Å². The smallest absolute Gasteiger partial charge is 0.260 e. The lowest BCUT2D eigenvalue weighted by molar-refractivity contribution is -0.0588. The van der Waals surface area contributed by atoms with E-state index in [0.717, 1.165) is 88.4 Å². The third kappa shape index (κ3) is 22.9. The number of amides is 4. The Bertz CT molecular complexity index is 6520. The average molecular weight is 2000 g/mol. The summed E-state index contributed by atoms with van der Waals surface area (Å²) in [6.45, 7) is 37.2. The van der Waals surface area contributed by atoms with Gasteiger partial charge in [-0.15, -0.1) is 0 Å². The second-order valence-corrected chi connectivity index (χ2v) is 39.2. The van der Waals surface area contributed by atoms with Crippen LogP contribution in [0.1, 0.15) is 314 Å². The molecule has 9 unspecified atom stereocenters. The molecule has 4 amide bonds. The first kappa shape index (κ1) is 105. The van der Waals surface area contributed by atoms with Gasteiger partial charge in [0.15, 0.2) is 23.3 Å². The average Bonchev–Trinajstić information content (AvgIpc) is 1.68. The van der Waals surface area contributed by atoms with Crippen LogP contribution in [0.3, 0.4) is 0 Å². The van der Waals surface area contributed by atoms with Gasteiger partial charge in [-0.05, 0) is 172 Å². The molecule has 38 heteroatoms. The number of carbonyl (C=O) groups is 4. The van der Waals surface area contributed by atoms with Crippen LogP contribution in [0.15, 0.2) is 73.8 Å². The van der Waals surface area contributed by atoms with E-state index < -0.39 is 58.7 Å². The van der Waals surface area contributed by atoms with E-state index in [-0.39, 0.29) is 139 Å². The van der Waals surface area contributed by atoms with Crippen molar-refractivity contribution in [1.82, 2.24) is 78.3 Å². The maximum absolute atomic E-state index is 15.5. The highest BCUT2D eigenvalue weighted by Gasteiger charge is 2.40. The minimum Gasteiger partial charge on any atom is -0.490 e. The fraction of sp³-hybridized carbons (Fsp3) is 0.485. The highest BCUT2D eigenvalue weighted by Crippen LogP contribution is 2.47. The Labute approximate surface area is 826 Å². The lowest BCUT2D eigenvalue weighted by Gasteiger charge is -2.36. The van der Waals surface area contributed by atoms with Crippen LogP contribution in [0.25, 0.3) is 22.1 Å². The first-order chi connectivity index (χ1) is 66.0. The van der Waals surface area contributed by atoms with Crippen molar-refractivity contribution in [3.8, 4) is 23.0 Å². The van der Waals surface area contributed by atoms with Crippen LogP contribution in [0, 0.1) is 56.9 Å².